The number of fused-ring (bicyclic) bond motifs is 1. The number of amides is 1. The fraction of sp³-hybridized carbons (Fsp3) is 0.0952. The zero-order valence-electron chi connectivity index (χ0n) is 14.6. The maximum atomic E-state index is 13.0. The Labute approximate surface area is 161 Å². The predicted octanol–water partition coefficient (Wildman–Crippen LogP) is 4.54. The molecule has 1 N–H and O–H groups in total. The lowest BCUT2D eigenvalue weighted by Crippen LogP contribution is -2.28. The summed E-state index contributed by atoms with van der Waals surface area (Å²) in [5.74, 6) is -0.248. The number of benzene rings is 1. The van der Waals surface area contributed by atoms with E-state index in [4.69, 9.17) is 11.6 Å². The third-order valence-corrected chi connectivity index (χ3v) is 4.59. The van der Waals surface area contributed by atoms with Crippen molar-refractivity contribution in [2.45, 2.75) is 13.0 Å². The molecule has 0 fully saturated rings. The van der Waals surface area contributed by atoms with Gasteiger partial charge < -0.3 is 5.32 Å². The highest BCUT2D eigenvalue weighted by Gasteiger charge is 2.22. The molecule has 0 spiro atoms. The molecular formula is C21H17ClN4O. The maximum Gasteiger partial charge on any atom is 0.272 e. The highest BCUT2D eigenvalue weighted by Crippen LogP contribution is 2.27. The molecule has 3 aromatic heterocycles. The van der Waals surface area contributed by atoms with Crippen molar-refractivity contribution < 1.29 is 4.79 Å². The van der Waals surface area contributed by atoms with Crippen molar-refractivity contribution in [1.29, 1.82) is 0 Å². The van der Waals surface area contributed by atoms with Gasteiger partial charge in [-0.2, -0.15) is 0 Å². The van der Waals surface area contributed by atoms with Crippen LogP contribution in [-0.2, 0) is 0 Å². The Kier molecular flexibility index (Phi) is 4.60. The number of halogens is 1. The second-order valence-electron chi connectivity index (χ2n) is 6.19. The van der Waals surface area contributed by atoms with E-state index < -0.39 is 0 Å². The van der Waals surface area contributed by atoms with Gasteiger partial charge in [0.15, 0.2) is 5.69 Å². The maximum absolute atomic E-state index is 13.0. The third-order valence-electron chi connectivity index (χ3n) is 4.34. The number of carbonyl (C=O) groups excluding carboxylic acids is 1. The quantitative estimate of drug-likeness (QED) is 0.568. The van der Waals surface area contributed by atoms with Crippen LogP contribution in [0.3, 0.4) is 0 Å². The molecule has 5 nitrogen and oxygen atoms in total. The lowest BCUT2D eigenvalue weighted by Gasteiger charge is -2.13. The first kappa shape index (κ1) is 17.2. The molecule has 1 amide bonds. The number of pyridine rings is 2. The van der Waals surface area contributed by atoms with E-state index in [0.717, 1.165) is 17.0 Å². The highest BCUT2D eigenvalue weighted by atomic mass is 35.5. The van der Waals surface area contributed by atoms with Gasteiger partial charge in [-0.1, -0.05) is 35.9 Å². The van der Waals surface area contributed by atoms with Crippen molar-refractivity contribution in [1.82, 2.24) is 19.7 Å². The van der Waals surface area contributed by atoms with Gasteiger partial charge in [0, 0.05) is 23.0 Å². The SMILES string of the molecule is CC(NC(=O)c1nc2ccccn2c1-c1ccc(Cl)cc1)c1ccccn1. The zero-order valence-corrected chi connectivity index (χ0v) is 15.4. The van der Waals surface area contributed by atoms with Gasteiger partial charge in [0.2, 0.25) is 0 Å². The molecule has 0 saturated heterocycles. The molecular weight excluding hydrogens is 360 g/mol. The minimum atomic E-state index is -0.248. The van der Waals surface area contributed by atoms with E-state index in [1.807, 2.05) is 66.1 Å². The third kappa shape index (κ3) is 3.41. The summed E-state index contributed by atoms with van der Waals surface area (Å²) in [7, 11) is 0. The summed E-state index contributed by atoms with van der Waals surface area (Å²) in [6.07, 6.45) is 3.60. The van der Waals surface area contributed by atoms with Gasteiger partial charge in [-0.25, -0.2) is 4.98 Å². The summed E-state index contributed by atoms with van der Waals surface area (Å²) in [5.41, 5.74) is 3.47. The number of nitrogens with zero attached hydrogens (tertiary/aromatic N) is 3. The standard InChI is InChI=1S/C21H17ClN4O/c1-14(17-6-2-4-12-23-17)24-21(27)19-20(15-8-10-16(22)11-9-15)26-13-5-3-7-18(26)25-19/h2-14H,1H3,(H,24,27). The molecule has 6 heteroatoms. The molecule has 3 heterocycles. The average Bonchev–Trinajstić information content (AvgIpc) is 3.09. The number of imidazole rings is 1. The molecule has 1 atom stereocenters. The van der Waals surface area contributed by atoms with E-state index in [9.17, 15) is 4.79 Å². The Morgan fingerprint density at radius 2 is 1.85 bits per heavy atom. The van der Waals surface area contributed by atoms with E-state index in [1.165, 1.54) is 0 Å². The lowest BCUT2D eigenvalue weighted by molar-refractivity contribution is 0.0935. The second-order valence-corrected chi connectivity index (χ2v) is 6.63. The molecule has 27 heavy (non-hydrogen) atoms. The molecule has 4 rings (SSSR count). The van der Waals surface area contributed by atoms with Gasteiger partial charge in [-0.15, -0.1) is 0 Å². The molecule has 0 bridgehead atoms. The first-order chi connectivity index (χ1) is 13.1. The summed E-state index contributed by atoms with van der Waals surface area (Å²) in [6, 6.07) is 18.4. The monoisotopic (exact) mass is 376 g/mol. The smallest absolute Gasteiger partial charge is 0.272 e. The predicted molar refractivity (Wildman–Crippen MR) is 106 cm³/mol. The lowest BCUT2D eigenvalue weighted by atomic mass is 10.1. The summed E-state index contributed by atoms with van der Waals surface area (Å²) in [6.45, 7) is 1.90. The van der Waals surface area contributed by atoms with E-state index in [-0.39, 0.29) is 11.9 Å². The van der Waals surface area contributed by atoms with E-state index in [0.29, 0.717) is 16.4 Å². The van der Waals surface area contributed by atoms with Crippen LogP contribution < -0.4 is 5.32 Å². The van der Waals surface area contributed by atoms with Crippen LogP contribution in [0, 0.1) is 0 Å². The van der Waals surface area contributed by atoms with Crippen LogP contribution in [0.4, 0.5) is 0 Å². The Bertz CT molecular complexity index is 1090. The molecule has 1 aromatic carbocycles. The fourth-order valence-corrected chi connectivity index (χ4v) is 3.13. The Balaban J connectivity index is 1.75. The van der Waals surface area contributed by atoms with Crippen molar-refractivity contribution in [2.75, 3.05) is 0 Å². The minimum Gasteiger partial charge on any atom is -0.343 e. The van der Waals surface area contributed by atoms with Crippen molar-refractivity contribution in [3.05, 3.63) is 89.5 Å². The van der Waals surface area contributed by atoms with Gasteiger partial charge in [0.05, 0.1) is 17.4 Å². The summed E-state index contributed by atoms with van der Waals surface area (Å²) in [5, 5.41) is 3.63. The van der Waals surface area contributed by atoms with Gasteiger partial charge in [-0.3, -0.25) is 14.2 Å². The Hall–Kier alpha value is -3.18. The van der Waals surface area contributed by atoms with Gasteiger partial charge in [0.1, 0.15) is 5.65 Å². The molecule has 0 aliphatic carbocycles. The molecule has 1 unspecified atom stereocenters. The summed E-state index contributed by atoms with van der Waals surface area (Å²) >= 11 is 6.02. The van der Waals surface area contributed by atoms with E-state index >= 15 is 0 Å². The number of rotatable bonds is 4. The molecule has 0 aliphatic rings. The number of hydrogen-bond acceptors (Lipinski definition) is 3. The number of aromatic nitrogens is 3. The summed E-state index contributed by atoms with van der Waals surface area (Å²) in [4.78, 5) is 21.9. The molecule has 0 aliphatic heterocycles. The van der Waals surface area contributed by atoms with Crippen LogP contribution in [0.2, 0.25) is 5.02 Å². The van der Waals surface area contributed by atoms with E-state index in [2.05, 4.69) is 15.3 Å². The van der Waals surface area contributed by atoms with E-state index in [1.54, 1.807) is 18.3 Å². The first-order valence-corrected chi connectivity index (χ1v) is 8.96. The Morgan fingerprint density at radius 1 is 1.07 bits per heavy atom. The molecule has 0 saturated carbocycles. The van der Waals surface area contributed by atoms with Crippen LogP contribution in [0.15, 0.2) is 73.1 Å². The van der Waals surface area contributed by atoms with Crippen LogP contribution in [0.25, 0.3) is 16.9 Å². The first-order valence-electron chi connectivity index (χ1n) is 8.58. The summed E-state index contributed by atoms with van der Waals surface area (Å²) < 4.78 is 1.91. The van der Waals surface area contributed by atoms with Crippen LogP contribution in [0.1, 0.15) is 29.1 Å². The average molecular weight is 377 g/mol. The molecule has 0 radical (unpaired) electrons. The van der Waals surface area contributed by atoms with Gasteiger partial charge in [0.25, 0.3) is 5.91 Å². The number of nitrogens with one attached hydrogen (secondary N) is 1. The van der Waals surface area contributed by atoms with Crippen LogP contribution in [0.5, 0.6) is 0 Å². The zero-order chi connectivity index (χ0) is 18.8. The molecule has 4 aromatic rings. The van der Waals surface area contributed by atoms with Gasteiger partial charge >= 0.3 is 0 Å². The van der Waals surface area contributed by atoms with Crippen molar-refractivity contribution in [3.63, 3.8) is 0 Å². The van der Waals surface area contributed by atoms with Crippen LogP contribution in [-0.4, -0.2) is 20.3 Å². The van der Waals surface area contributed by atoms with Crippen LogP contribution >= 0.6 is 11.6 Å². The largest absolute Gasteiger partial charge is 0.343 e. The topological polar surface area (TPSA) is 59.3 Å². The second kappa shape index (κ2) is 7.21. The fourth-order valence-electron chi connectivity index (χ4n) is 3.01. The highest BCUT2D eigenvalue weighted by molar-refractivity contribution is 6.30. The number of hydrogen-bond donors (Lipinski definition) is 1. The van der Waals surface area contributed by atoms with Crippen molar-refractivity contribution in [3.8, 4) is 11.3 Å². The van der Waals surface area contributed by atoms with Crippen molar-refractivity contribution >= 4 is 23.2 Å². The normalized spacial score (nSPS) is 12.1. The van der Waals surface area contributed by atoms with Gasteiger partial charge in [-0.05, 0) is 43.3 Å². The molecule has 134 valence electrons. The number of carbonyl (C=O) groups is 1. The Morgan fingerprint density at radius 3 is 2.59 bits per heavy atom. The van der Waals surface area contributed by atoms with Crippen molar-refractivity contribution in [2.24, 2.45) is 0 Å². The minimum absolute atomic E-state index is 0.235.